The predicted molar refractivity (Wildman–Crippen MR) is 126 cm³/mol. The summed E-state index contributed by atoms with van der Waals surface area (Å²) in [5.74, 6) is 2.74. The number of fused-ring (bicyclic) bond motifs is 1. The molecule has 1 aliphatic heterocycles. The minimum absolute atomic E-state index is 0.0674. The van der Waals surface area contributed by atoms with E-state index in [1.54, 1.807) is 13.3 Å². The number of para-hydroxylation sites is 1. The Labute approximate surface area is 197 Å². The lowest BCUT2D eigenvalue weighted by Gasteiger charge is -2.31. The van der Waals surface area contributed by atoms with E-state index in [-0.39, 0.29) is 18.4 Å². The first-order valence-corrected chi connectivity index (χ1v) is 11.4. The average molecular weight is 459 g/mol. The van der Waals surface area contributed by atoms with E-state index in [9.17, 15) is 4.79 Å². The lowest BCUT2D eigenvalue weighted by atomic mass is 9.98. The van der Waals surface area contributed by atoms with Gasteiger partial charge in [0.25, 0.3) is 5.91 Å². The van der Waals surface area contributed by atoms with Crippen LogP contribution >= 0.6 is 0 Å². The van der Waals surface area contributed by atoms with Crippen molar-refractivity contribution in [2.45, 2.75) is 25.2 Å². The van der Waals surface area contributed by atoms with Crippen LogP contribution in [0.5, 0.6) is 11.6 Å². The summed E-state index contributed by atoms with van der Waals surface area (Å²) >= 11 is 0. The third kappa shape index (κ3) is 4.85. The summed E-state index contributed by atoms with van der Waals surface area (Å²) in [5.41, 5.74) is 1.91. The van der Waals surface area contributed by atoms with Crippen LogP contribution in [-0.4, -0.2) is 52.6 Å². The highest BCUT2D eigenvalue weighted by Crippen LogP contribution is 2.28. The molecule has 1 aliphatic rings. The van der Waals surface area contributed by atoms with E-state index in [0.29, 0.717) is 31.3 Å². The van der Waals surface area contributed by atoms with E-state index >= 15 is 0 Å². The molecule has 0 N–H and O–H groups in total. The summed E-state index contributed by atoms with van der Waals surface area (Å²) in [5, 5.41) is 0.790. The summed E-state index contributed by atoms with van der Waals surface area (Å²) in [6, 6.07) is 15.5. The van der Waals surface area contributed by atoms with Gasteiger partial charge in [0.1, 0.15) is 17.8 Å². The molecular formula is C26H26N4O4. The summed E-state index contributed by atoms with van der Waals surface area (Å²) in [6.07, 6.45) is 5.72. The van der Waals surface area contributed by atoms with Crippen LogP contribution in [0.15, 0.2) is 65.5 Å². The number of benzene rings is 2. The van der Waals surface area contributed by atoms with Crippen LogP contribution in [0, 0.1) is 0 Å². The SMILES string of the molecule is COc1ccc(Cc2cnc([C@@H]3CCCN(C(=O)COc4ncnc5ccccc45)C3)o2)cc1. The van der Waals surface area contributed by atoms with Gasteiger partial charge in [-0.3, -0.25) is 4.79 Å². The number of nitrogens with zero attached hydrogens (tertiary/aromatic N) is 4. The molecule has 1 fully saturated rings. The van der Waals surface area contributed by atoms with Crippen molar-refractivity contribution in [3.05, 3.63) is 78.3 Å². The van der Waals surface area contributed by atoms with Gasteiger partial charge in [0, 0.05) is 19.5 Å². The van der Waals surface area contributed by atoms with Crippen LogP contribution in [0.25, 0.3) is 10.9 Å². The van der Waals surface area contributed by atoms with E-state index in [1.165, 1.54) is 6.33 Å². The van der Waals surface area contributed by atoms with Gasteiger partial charge >= 0.3 is 0 Å². The first kappa shape index (κ1) is 21.9. The van der Waals surface area contributed by atoms with Crippen molar-refractivity contribution in [3.63, 3.8) is 0 Å². The Morgan fingerprint density at radius 3 is 2.82 bits per heavy atom. The number of hydrogen-bond donors (Lipinski definition) is 0. The maximum absolute atomic E-state index is 12.9. The third-order valence-electron chi connectivity index (χ3n) is 6.07. The molecule has 0 radical (unpaired) electrons. The van der Waals surface area contributed by atoms with Crippen LogP contribution in [-0.2, 0) is 11.2 Å². The minimum Gasteiger partial charge on any atom is -0.497 e. The largest absolute Gasteiger partial charge is 0.497 e. The van der Waals surface area contributed by atoms with Crippen molar-refractivity contribution in [3.8, 4) is 11.6 Å². The molecule has 4 aromatic rings. The Morgan fingerprint density at radius 2 is 1.97 bits per heavy atom. The molecular weight excluding hydrogens is 432 g/mol. The van der Waals surface area contributed by atoms with Crippen LogP contribution < -0.4 is 9.47 Å². The fraction of sp³-hybridized carbons (Fsp3) is 0.308. The van der Waals surface area contributed by atoms with Gasteiger partial charge in [-0.1, -0.05) is 24.3 Å². The van der Waals surface area contributed by atoms with Crippen LogP contribution in [0.4, 0.5) is 0 Å². The molecule has 1 atom stereocenters. The lowest BCUT2D eigenvalue weighted by Crippen LogP contribution is -2.41. The first-order chi connectivity index (χ1) is 16.7. The first-order valence-electron chi connectivity index (χ1n) is 11.4. The number of ether oxygens (including phenoxy) is 2. The van der Waals surface area contributed by atoms with Crippen LogP contribution in [0.1, 0.15) is 36.0 Å². The number of amides is 1. The smallest absolute Gasteiger partial charge is 0.260 e. The fourth-order valence-electron chi connectivity index (χ4n) is 4.26. The van der Waals surface area contributed by atoms with Crippen molar-refractivity contribution in [1.29, 1.82) is 0 Å². The van der Waals surface area contributed by atoms with Crippen molar-refractivity contribution >= 4 is 16.8 Å². The van der Waals surface area contributed by atoms with E-state index < -0.39 is 0 Å². The van der Waals surface area contributed by atoms with Gasteiger partial charge in [-0.25, -0.2) is 15.0 Å². The highest BCUT2D eigenvalue weighted by atomic mass is 16.5. The second kappa shape index (κ2) is 9.91. The van der Waals surface area contributed by atoms with Gasteiger partial charge in [-0.2, -0.15) is 0 Å². The van der Waals surface area contributed by atoms with Gasteiger partial charge in [0.2, 0.25) is 5.88 Å². The molecule has 174 valence electrons. The maximum atomic E-state index is 12.9. The molecule has 2 aromatic heterocycles. The second-order valence-corrected chi connectivity index (χ2v) is 8.35. The molecule has 8 nitrogen and oxygen atoms in total. The van der Waals surface area contributed by atoms with Crippen molar-refractivity contribution in [1.82, 2.24) is 19.9 Å². The van der Waals surface area contributed by atoms with Gasteiger partial charge in [-0.05, 0) is 42.7 Å². The quantitative estimate of drug-likeness (QED) is 0.413. The molecule has 2 aromatic carbocycles. The minimum atomic E-state index is -0.0718. The molecule has 3 heterocycles. The van der Waals surface area contributed by atoms with Crippen molar-refractivity contribution in [2.24, 2.45) is 0 Å². The Bertz CT molecular complexity index is 1270. The molecule has 8 heteroatoms. The summed E-state index contributed by atoms with van der Waals surface area (Å²) in [6.45, 7) is 1.19. The summed E-state index contributed by atoms with van der Waals surface area (Å²) < 4.78 is 17.0. The molecule has 0 spiro atoms. The number of methoxy groups -OCH3 is 1. The topological polar surface area (TPSA) is 90.6 Å². The molecule has 0 unspecified atom stereocenters. The molecule has 34 heavy (non-hydrogen) atoms. The number of piperidine rings is 1. The summed E-state index contributed by atoms with van der Waals surface area (Å²) in [4.78, 5) is 27.6. The molecule has 5 rings (SSSR count). The lowest BCUT2D eigenvalue weighted by molar-refractivity contribution is -0.134. The Hall–Kier alpha value is -3.94. The van der Waals surface area contributed by atoms with Gasteiger partial charge in [0.05, 0.1) is 30.1 Å². The number of hydrogen-bond acceptors (Lipinski definition) is 7. The van der Waals surface area contributed by atoms with Crippen LogP contribution in [0.2, 0.25) is 0 Å². The number of rotatable bonds is 7. The monoisotopic (exact) mass is 458 g/mol. The molecule has 1 amide bonds. The predicted octanol–water partition coefficient (Wildman–Crippen LogP) is 4.00. The average Bonchev–Trinajstić information content (AvgIpc) is 3.36. The Balaban J connectivity index is 1.19. The number of carbonyl (C=O) groups excluding carboxylic acids is 1. The number of carbonyl (C=O) groups is 1. The zero-order valence-electron chi connectivity index (χ0n) is 19.0. The second-order valence-electron chi connectivity index (χ2n) is 8.35. The highest BCUT2D eigenvalue weighted by molar-refractivity contribution is 5.84. The van der Waals surface area contributed by atoms with E-state index in [0.717, 1.165) is 40.8 Å². The van der Waals surface area contributed by atoms with E-state index in [1.807, 2.05) is 53.4 Å². The van der Waals surface area contributed by atoms with E-state index in [2.05, 4.69) is 15.0 Å². The van der Waals surface area contributed by atoms with Crippen molar-refractivity contribution in [2.75, 3.05) is 26.8 Å². The highest BCUT2D eigenvalue weighted by Gasteiger charge is 2.28. The van der Waals surface area contributed by atoms with Gasteiger partial charge < -0.3 is 18.8 Å². The normalized spacial score (nSPS) is 15.9. The molecule has 0 aliphatic carbocycles. The third-order valence-corrected chi connectivity index (χ3v) is 6.07. The number of aromatic nitrogens is 3. The Kier molecular flexibility index (Phi) is 6.38. The van der Waals surface area contributed by atoms with Gasteiger partial charge in [0.15, 0.2) is 12.5 Å². The zero-order valence-corrected chi connectivity index (χ0v) is 19.0. The van der Waals surface area contributed by atoms with E-state index in [4.69, 9.17) is 13.9 Å². The zero-order chi connectivity index (χ0) is 23.3. The fourth-order valence-corrected chi connectivity index (χ4v) is 4.26. The number of oxazole rings is 1. The van der Waals surface area contributed by atoms with Gasteiger partial charge in [-0.15, -0.1) is 0 Å². The van der Waals surface area contributed by atoms with Crippen molar-refractivity contribution < 1.29 is 18.7 Å². The molecule has 1 saturated heterocycles. The molecule has 0 bridgehead atoms. The standard InChI is InChI=1S/C26H26N4O4/c1-32-20-10-8-18(9-11-20)13-21-14-27-25(34-21)19-5-4-12-30(15-19)24(31)16-33-26-22-6-2-3-7-23(22)28-17-29-26/h2-3,6-11,14,17,19H,4-5,12-13,15-16H2,1H3/t19-/m1/s1. The molecule has 0 saturated carbocycles. The van der Waals surface area contributed by atoms with Crippen LogP contribution in [0.3, 0.4) is 0 Å². The summed E-state index contributed by atoms with van der Waals surface area (Å²) in [7, 11) is 1.65. The Morgan fingerprint density at radius 1 is 1.12 bits per heavy atom. The number of likely N-dealkylation sites (tertiary alicyclic amines) is 1. The maximum Gasteiger partial charge on any atom is 0.260 e.